The van der Waals surface area contributed by atoms with Gasteiger partial charge in [0.25, 0.3) is 0 Å². The zero-order valence-corrected chi connectivity index (χ0v) is 15.7. The topological polar surface area (TPSA) is 12.4 Å². The number of aryl methyl sites for hydroxylation is 1. The van der Waals surface area contributed by atoms with E-state index in [2.05, 4.69) is 34.2 Å². The van der Waals surface area contributed by atoms with Gasteiger partial charge in [-0.05, 0) is 71.7 Å². The van der Waals surface area contributed by atoms with E-state index in [1.807, 2.05) is 6.92 Å². The molecule has 0 aliphatic rings. The summed E-state index contributed by atoms with van der Waals surface area (Å²) in [6.07, 6.45) is 0.544. The third kappa shape index (κ3) is 4.37. The number of benzene rings is 3. The molecule has 0 saturated heterocycles. The summed E-state index contributed by atoms with van der Waals surface area (Å²) >= 11 is 4.48. The van der Waals surface area contributed by atoms with E-state index in [-0.39, 0.29) is 11.3 Å². The number of aliphatic imine (C=N–C) groups is 1. The summed E-state index contributed by atoms with van der Waals surface area (Å²) in [5.74, 6) is 3.47. The Bertz CT molecular complexity index is 1110. The second-order valence-corrected chi connectivity index (χ2v) is 6.17. The smallest absolute Gasteiger partial charge is 0.150 e. The second kappa shape index (κ2) is 8.67. The average molecular weight is 393 g/mol. The van der Waals surface area contributed by atoms with Crippen LogP contribution < -0.4 is 0 Å². The van der Waals surface area contributed by atoms with Crippen LogP contribution >= 0.6 is 12.2 Å². The van der Waals surface area contributed by atoms with Crippen molar-refractivity contribution < 1.29 is 13.2 Å². The van der Waals surface area contributed by atoms with Crippen LogP contribution in [0.3, 0.4) is 0 Å². The highest BCUT2D eigenvalue weighted by Crippen LogP contribution is 2.26. The normalized spacial score (nSPS) is 10.0. The van der Waals surface area contributed by atoms with E-state index < -0.39 is 17.5 Å². The fourth-order valence-corrected chi connectivity index (χ4v) is 2.75. The number of isothiocyanates is 1. The van der Waals surface area contributed by atoms with E-state index in [0.717, 1.165) is 5.56 Å². The molecule has 0 unspecified atom stereocenters. The zero-order chi connectivity index (χ0) is 20.1. The van der Waals surface area contributed by atoms with E-state index in [1.165, 1.54) is 24.3 Å². The van der Waals surface area contributed by atoms with Gasteiger partial charge in [-0.2, -0.15) is 4.99 Å². The number of thiocarbonyl (C=S) groups is 1. The van der Waals surface area contributed by atoms with Gasteiger partial charge in [0.2, 0.25) is 0 Å². The zero-order valence-electron chi connectivity index (χ0n) is 14.9. The molecule has 0 aliphatic heterocycles. The maximum Gasteiger partial charge on any atom is 0.150 e. The molecule has 0 spiro atoms. The summed E-state index contributed by atoms with van der Waals surface area (Å²) in [6.45, 7) is 1.82. The molecule has 0 aliphatic carbocycles. The molecule has 28 heavy (non-hydrogen) atoms. The minimum atomic E-state index is -0.671. The van der Waals surface area contributed by atoms with Gasteiger partial charge in [0, 0.05) is 5.56 Å². The molecule has 0 radical (unpaired) electrons. The van der Waals surface area contributed by atoms with Crippen molar-refractivity contribution >= 4 is 23.1 Å². The van der Waals surface area contributed by atoms with Crippen LogP contribution in [0, 0.1) is 29.3 Å². The number of hydrogen-bond acceptors (Lipinski definition) is 2. The van der Waals surface area contributed by atoms with Gasteiger partial charge in [0.05, 0.1) is 10.7 Å². The Hall–Kier alpha value is -3.19. The molecular formula is C23H14F3NS. The first-order chi connectivity index (χ1) is 13.5. The Kier molecular flexibility index (Phi) is 6.06. The van der Waals surface area contributed by atoms with E-state index in [0.29, 0.717) is 23.1 Å². The largest absolute Gasteiger partial charge is 0.206 e. The van der Waals surface area contributed by atoms with Crippen molar-refractivity contribution in [3.05, 3.63) is 88.7 Å². The van der Waals surface area contributed by atoms with Gasteiger partial charge in [0.1, 0.15) is 23.1 Å². The summed E-state index contributed by atoms with van der Waals surface area (Å²) in [6, 6.07) is 14.1. The maximum atomic E-state index is 14.0. The fourth-order valence-electron chi connectivity index (χ4n) is 2.66. The van der Waals surface area contributed by atoms with Gasteiger partial charge in [-0.1, -0.05) is 37.0 Å². The molecule has 0 fully saturated rings. The minimum Gasteiger partial charge on any atom is -0.206 e. The first-order valence-electron chi connectivity index (χ1n) is 8.49. The van der Waals surface area contributed by atoms with Crippen molar-refractivity contribution in [1.29, 1.82) is 0 Å². The number of nitrogens with zero attached hydrogens (tertiary/aromatic N) is 1. The molecule has 3 aromatic carbocycles. The SMILES string of the molecule is CCc1cc(F)c(C#Cc2ccc(-c3ccc(N=C=S)c(F)c3)cc2)c(F)c1. The fraction of sp³-hybridized carbons (Fsp3) is 0.0870. The molecular weight excluding hydrogens is 379 g/mol. The van der Waals surface area contributed by atoms with Crippen LogP contribution in [0.5, 0.6) is 0 Å². The van der Waals surface area contributed by atoms with Gasteiger partial charge in [-0.15, -0.1) is 0 Å². The van der Waals surface area contributed by atoms with E-state index in [9.17, 15) is 13.2 Å². The highest BCUT2D eigenvalue weighted by Gasteiger charge is 2.08. The molecule has 0 heterocycles. The number of halogens is 3. The number of rotatable bonds is 3. The Morgan fingerprint density at radius 1 is 0.821 bits per heavy atom. The minimum absolute atomic E-state index is 0.124. The van der Waals surface area contributed by atoms with E-state index >= 15 is 0 Å². The standard InChI is InChI=1S/C23H14F3NS/c1-2-15-11-20(24)19(21(25)12-15)9-5-16-3-6-17(7-4-16)18-8-10-23(27-14-28)22(26)13-18/h3-4,6-8,10-13H,2H2,1H3. The predicted octanol–water partition coefficient (Wildman–Crippen LogP) is 6.47. The molecule has 5 heteroatoms. The van der Waals surface area contributed by atoms with Crippen LogP contribution in [0.1, 0.15) is 23.6 Å². The first kappa shape index (κ1) is 19.6. The molecule has 0 atom stereocenters. The quantitative estimate of drug-likeness (QED) is 0.282. The molecule has 0 N–H and O–H groups in total. The Balaban J connectivity index is 1.86. The predicted molar refractivity (Wildman–Crippen MR) is 108 cm³/mol. The van der Waals surface area contributed by atoms with Crippen LogP contribution in [0.25, 0.3) is 11.1 Å². The Morgan fingerprint density at radius 3 is 2.04 bits per heavy atom. The molecule has 1 nitrogen and oxygen atoms in total. The van der Waals surface area contributed by atoms with Crippen molar-refractivity contribution in [2.45, 2.75) is 13.3 Å². The lowest BCUT2D eigenvalue weighted by atomic mass is 10.0. The number of hydrogen-bond donors (Lipinski definition) is 0. The van der Waals surface area contributed by atoms with Crippen molar-refractivity contribution in [2.24, 2.45) is 4.99 Å². The molecule has 138 valence electrons. The Labute approximate surface area is 166 Å². The van der Waals surface area contributed by atoms with Gasteiger partial charge >= 0.3 is 0 Å². The molecule has 0 bridgehead atoms. The molecule has 3 aromatic rings. The monoisotopic (exact) mass is 393 g/mol. The Morgan fingerprint density at radius 2 is 1.46 bits per heavy atom. The average Bonchev–Trinajstić information content (AvgIpc) is 2.69. The third-order valence-electron chi connectivity index (χ3n) is 4.17. The summed E-state index contributed by atoms with van der Waals surface area (Å²) < 4.78 is 42.0. The molecule has 0 amide bonds. The van der Waals surface area contributed by atoms with E-state index in [1.54, 1.807) is 30.3 Å². The van der Waals surface area contributed by atoms with Crippen molar-refractivity contribution in [2.75, 3.05) is 0 Å². The maximum absolute atomic E-state index is 14.0. The first-order valence-corrected chi connectivity index (χ1v) is 8.90. The lowest BCUT2D eigenvalue weighted by molar-refractivity contribution is 0.574. The van der Waals surface area contributed by atoms with E-state index in [4.69, 9.17) is 0 Å². The summed E-state index contributed by atoms with van der Waals surface area (Å²) in [7, 11) is 0. The second-order valence-electron chi connectivity index (χ2n) is 5.98. The van der Waals surface area contributed by atoms with Crippen LogP contribution in [0.15, 0.2) is 59.6 Å². The van der Waals surface area contributed by atoms with Crippen molar-refractivity contribution in [1.82, 2.24) is 0 Å². The van der Waals surface area contributed by atoms with Gasteiger partial charge < -0.3 is 0 Å². The summed E-state index contributed by atoms with van der Waals surface area (Å²) in [5, 5.41) is 2.13. The van der Waals surface area contributed by atoms with Crippen LogP contribution in [0.4, 0.5) is 18.9 Å². The van der Waals surface area contributed by atoms with Gasteiger partial charge in [-0.25, -0.2) is 13.2 Å². The van der Waals surface area contributed by atoms with Gasteiger partial charge in [-0.3, -0.25) is 0 Å². The molecule has 0 aromatic heterocycles. The van der Waals surface area contributed by atoms with Crippen molar-refractivity contribution in [3.8, 4) is 23.0 Å². The summed E-state index contributed by atoms with van der Waals surface area (Å²) in [5.41, 5.74) is 2.47. The highest BCUT2D eigenvalue weighted by molar-refractivity contribution is 7.78. The highest BCUT2D eigenvalue weighted by atomic mass is 32.1. The molecule has 3 rings (SSSR count). The van der Waals surface area contributed by atoms with Crippen molar-refractivity contribution in [3.63, 3.8) is 0 Å². The lowest BCUT2D eigenvalue weighted by Gasteiger charge is -2.04. The van der Waals surface area contributed by atoms with Crippen LogP contribution in [-0.2, 0) is 6.42 Å². The van der Waals surface area contributed by atoms with Crippen LogP contribution in [0.2, 0.25) is 0 Å². The van der Waals surface area contributed by atoms with Gasteiger partial charge in [0.15, 0.2) is 0 Å². The molecule has 0 saturated carbocycles. The summed E-state index contributed by atoms with van der Waals surface area (Å²) in [4.78, 5) is 3.64. The van der Waals surface area contributed by atoms with Crippen LogP contribution in [-0.4, -0.2) is 5.16 Å². The lowest BCUT2D eigenvalue weighted by Crippen LogP contribution is -1.93. The third-order valence-corrected chi connectivity index (χ3v) is 4.27.